The number of rotatable bonds is 8. The van der Waals surface area contributed by atoms with E-state index in [1.165, 1.54) is 29.5 Å². The Labute approximate surface area is 167 Å². The Balaban J connectivity index is 1.62. The highest BCUT2D eigenvalue weighted by Gasteiger charge is 2.07. The largest absolute Gasteiger partial charge is 0.493 e. The number of nitrogens with zero attached hydrogens (tertiary/aromatic N) is 1. The molecule has 0 unspecified atom stereocenters. The zero-order valence-electron chi connectivity index (χ0n) is 15.5. The van der Waals surface area contributed by atoms with Gasteiger partial charge in [-0.05, 0) is 42.8 Å². The molecule has 0 aliphatic rings. The fourth-order valence-electron chi connectivity index (χ4n) is 2.47. The van der Waals surface area contributed by atoms with Crippen molar-refractivity contribution >= 4 is 28.5 Å². The third-order valence-electron chi connectivity index (χ3n) is 3.96. The molecule has 6 heteroatoms. The molecule has 4 nitrogen and oxygen atoms in total. The van der Waals surface area contributed by atoms with E-state index >= 15 is 0 Å². The van der Waals surface area contributed by atoms with Gasteiger partial charge < -0.3 is 4.74 Å². The van der Waals surface area contributed by atoms with Gasteiger partial charge in [0.25, 0.3) is 0 Å². The van der Waals surface area contributed by atoms with E-state index in [9.17, 15) is 9.18 Å². The maximum Gasteiger partial charge on any atom is 0.250 e. The molecule has 1 heterocycles. The first-order valence-corrected chi connectivity index (χ1v) is 9.96. The van der Waals surface area contributed by atoms with E-state index in [0.717, 1.165) is 29.7 Å². The van der Waals surface area contributed by atoms with Crippen LogP contribution in [0.4, 0.5) is 9.52 Å². The molecular weight excluding hydrogens is 375 g/mol. The number of aromatic nitrogens is 1. The Kier molecular flexibility index (Phi) is 6.92. The predicted molar refractivity (Wildman–Crippen MR) is 112 cm³/mol. The van der Waals surface area contributed by atoms with Crippen molar-refractivity contribution in [2.45, 2.75) is 19.8 Å². The number of unbranched alkanes of at least 4 members (excludes halogenated alkanes) is 1. The van der Waals surface area contributed by atoms with E-state index in [-0.39, 0.29) is 11.7 Å². The number of hydrogen-bond acceptors (Lipinski definition) is 4. The molecule has 0 radical (unpaired) electrons. The van der Waals surface area contributed by atoms with Crippen LogP contribution >= 0.6 is 11.3 Å². The van der Waals surface area contributed by atoms with Crippen LogP contribution in [0.2, 0.25) is 0 Å². The van der Waals surface area contributed by atoms with Crippen molar-refractivity contribution < 1.29 is 13.9 Å². The van der Waals surface area contributed by atoms with Gasteiger partial charge in [0.2, 0.25) is 5.91 Å². The molecule has 3 rings (SSSR count). The summed E-state index contributed by atoms with van der Waals surface area (Å²) in [5.74, 6) is 0.188. The van der Waals surface area contributed by atoms with Gasteiger partial charge in [-0.1, -0.05) is 31.5 Å². The summed E-state index contributed by atoms with van der Waals surface area (Å²) in [4.78, 5) is 16.6. The number of carbonyl (C=O) groups is 1. The van der Waals surface area contributed by atoms with E-state index < -0.39 is 0 Å². The maximum absolute atomic E-state index is 13.0. The molecule has 0 saturated heterocycles. The molecule has 2 aromatic carbocycles. The summed E-state index contributed by atoms with van der Waals surface area (Å²) in [6, 6.07) is 13.7. The molecule has 1 amide bonds. The Bertz CT molecular complexity index is 951. The van der Waals surface area contributed by atoms with Crippen molar-refractivity contribution in [1.82, 2.24) is 4.98 Å². The number of anilines is 1. The van der Waals surface area contributed by atoms with Crippen molar-refractivity contribution in [3.05, 3.63) is 71.4 Å². The highest BCUT2D eigenvalue weighted by molar-refractivity contribution is 7.14. The van der Waals surface area contributed by atoms with Gasteiger partial charge in [0.1, 0.15) is 11.6 Å². The van der Waals surface area contributed by atoms with Crippen LogP contribution in [-0.4, -0.2) is 17.5 Å². The van der Waals surface area contributed by atoms with Crippen LogP contribution in [0.25, 0.3) is 17.3 Å². The Morgan fingerprint density at radius 1 is 1.21 bits per heavy atom. The normalized spacial score (nSPS) is 10.9. The van der Waals surface area contributed by atoms with Gasteiger partial charge >= 0.3 is 0 Å². The van der Waals surface area contributed by atoms with E-state index in [1.54, 1.807) is 18.2 Å². The average Bonchev–Trinajstić information content (AvgIpc) is 3.16. The van der Waals surface area contributed by atoms with Crippen molar-refractivity contribution in [3.63, 3.8) is 0 Å². The number of hydrogen-bond donors (Lipinski definition) is 1. The minimum absolute atomic E-state index is 0.275. The summed E-state index contributed by atoms with van der Waals surface area (Å²) < 4.78 is 18.8. The first kappa shape index (κ1) is 19.8. The topological polar surface area (TPSA) is 51.2 Å². The number of para-hydroxylation sites is 1. The minimum Gasteiger partial charge on any atom is -0.493 e. The van der Waals surface area contributed by atoms with Crippen LogP contribution in [-0.2, 0) is 4.79 Å². The molecule has 0 bridgehead atoms. The molecule has 0 spiro atoms. The number of carbonyl (C=O) groups excluding carboxylic acids is 1. The summed E-state index contributed by atoms with van der Waals surface area (Å²) in [6.07, 6.45) is 5.24. The van der Waals surface area contributed by atoms with Crippen LogP contribution < -0.4 is 10.1 Å². The molecule has 0 aliphatic heterocycles. The Hall–Kier alpha value is -2.99. The lowest BCUT2D eigenvalue weighted by Crippen LogP contribution is -2.07. The minimum atomic E-state index is -0.295. The van der Waals surface area contributed by atoms with Crippen LogP contribution in [0.1, 0.15) is 25.3 Å². The van der Waals surface area contributed by atoms with E-state index in [1.807, 2.05) is 29.6 Å². The Morgan fingerprint density at radius 3 is 2.79 bits per heavy atom. The molecule has 1 aromatic heterocycles. The van der Waals surface area contributed by atoms with Crippen LogP contribution in [0.5, 0.6) is 5.75 Å². The number of amides is 1. The summed E-state index contributed by atoms with van der Waals surface area (Å²) in [7, 11) is 0. The van der Waals surface area contributed by atoms with Gasteiger partial charge in [-0.2, -0.15) is 0 Å². The smallest absolute Gasteiger partial charge is 0.250 e. The zero-order valence-corrected chi connectivity index (χ0v) is 16.3. The van der Waals surface area contributed by atoms with E-state index in [0.29, 0.717) is 17.4 Å². The van der Waals surface area contributed by atoms with Gasteiger partial charge in [0.05, 0.1) is 12.3 Å². The number of thiazole rings is 1. The molecular formula is C22H21FN2O2S. The summed E-state index contributed by atoms with van der Waals surface area (Å²) in [6.45, 7) is 2.76. The average molecular weight is 396 g/mol. The van der Waals surface area contributed by atoms with Crippen molar-refractivity contribution in [2.75, 3.05) is 11.9 Å². The molecule has 28 heavy (non-hydrogen) atoms. The van der Waals surface area contributed by atoms with E-state index in [4.69, 9.17) is 4.74 Å². The van der Waals surface area contributed by atoms with Gasteiger partial charge in [-0.25, -0.2) is 9.37 Å². The van der Waals surface area contributed by atoms with Crippen molar-refractivity contribution in [1.29, 1.82) is 0 Å². The number of halogens is 1. The highest BCUT2D eigenvalue weighted by Crippen LogP contribution is 2.25. The van der Waals surface area contributed by atoms with E-state index in [2.05, 4.69) is 17.2 Å². The fourth-order valence-corrected chi connectivity index (χ4v) is 3.20. The van der Waals surface area contributed by atoms with Crippen LogP contribution in [0, 0.1) is 5.82 Å². The molecule has 0 saturated carbocycles. The molecule has 3 aromatic rings. The zero-order chi connectivity index (χ0) is 19.8. The standard InChI is InChI=1S/C22H21FN2O2S/c1-2-3-14-27-20-7-5-4-6-17(20)10-13-21(26)25-22-24-19(15-28-22)16-8-11-18(23)12-9-16/h4-13,15H,2-3,14H2,1H3,(H,24,25,26). The summed E-state index contributed by atoms with van der Waals surface area (Å²) >= 11 is 1.32. The number of nitrogens with one attached hydrogen (secondary N) is 1. The van der Waals surface area contributed by atoms with Crippen molar-refractivity contribution in [3.8, 4) is 17.0 Å². The third-order valence-corrected chi connectivity index (χ3v) is 4.72. The second kappa shape index (κ2) is 9.80. The molecule has 144 valence electrons. The van der Waals surface area contributed by atoms with Gasteiger partial charge in [-0.15, -0.1) is 11.3 Å². The first-order valence-electron chi connectivity index (χ1n) is 9.08. The molecule has 1 N–H and O–H groups in total. The number of ether oxygens (including phenoxy) is 1. The second-order valence-electron chi connectivity index (χ2n) is 6.11. The van der Waals surface area contributed by atoms with Gasteiger partial charge in [-0.3, -0.25) is 10.1 Å². The van der Waals surface area contributed by atoms with Crippen molar-refractivity contribution in [2.24, 2.45) is 0 Å². The van der Waals surface area contributed by atoms with Gasteiger partial charge in [0, 0.05) is 22.6 Å². The summed E-state index contributed by atoms with van der Waals surface area (Å²) in [5, 5.41) is 5.06. The molecule has 0 aliphatic carbocycles. The monoisotopic (exact) mass is 396 g/mol. The highest BCUT2D eigenvalue weighted by atomic mass is 32.1. The summed E-state index contributed by atoms with van der Waals surface area (Å²) in [5.41, 5.74) is 2.34. The molecule has 0 fully saturated rings. The first-order chi connectivity index (χ1) is 13.7. The van der Waals surface area contributed by atoms with Crippen LogP contribution in [0.3, 0.4) is 0 Å². The predicted octanol–water partition coefficient (Wildman–Crippen LogP) is 5.78. The quantitative estimate of drug-likeness (QED) is 0.388. The van der Waals surface area contributed by atoms with Crippen LogP contribution in [0.15, 0.2) is 60.0 Å². The molecule has 0 atom stereocenters. The Morgan fingerprint density at radius 2 is 2.00 bits per heavy atom. The number of benzene rings is 2. The fraction of sp³-hybridized carbons (Fsp3) is 0.182. The third kappa shape index (κ3) is 5.50. The lowest BCUT2D eigenvalue weighted by Gasteiger charge is -2.08. The lowest BCUT2D eigenvalue weighted by atomic mass is 10.2. The van der Waals surface area contributed by atoms with Gasteiger partial charge in [0.15, 0.2) is 5.13 Å². The lowest BCUT2D eigenvalue weighted by molar-refractivity contribution is -0.111. The SMILES string of the molecule is CCCCOc1ccccc1C=CC(=O)Nc1nc(-c2ccc(F)cc2)cs1. The second-order valence-corrected chi connectivity index (χ2v) is 6.97. The maximum atomic E-state index is 13.0.